The van der Waals surface area contributed by atoms with Gasteiger partial charge in [0.25, 0.3) is 0 Å². The van der Waals surface area contributed by atoms with E-state index in [4.69, 9.17) is 10.5 Å². The van der Waals surface area contributed by atoms with E-state index >= 15 is 0 Å². The molecule has 0 spiro atoms. The van der Waals surface area contributed by atoms with Gasteiger partial charge in [0.05, 0.1) is 6.61 Å². The number of ether oxygens (including phenoxy) is 1. The van der Waals surface area contributed by atoms with Gasteiger partial charge in [-0.2, -0.15) is 0 Å². The molecule has 1 aliphatic rings. The van der Waals surface area contributed by atoms with Gasteiger partial charge in [-0.25, -0.2) is 8.78 Å². The monoisotopic (exact) mass is 284 g/mol. The lowest BCUT2D eigenvalue weighted by Gasteiger charge is -2.29. The number of rotatable bonds is 4. The summed E-state index contributed by atoms with van der Waals surface area (Å²) in [6, 6.07) is 3.61. The summed E-state index contributed by atoms with van der Waals surface area (Å²) in [6.45, 7) is 3.12. The fourth-order valence-corrected chi connectivity index (χ4v) is 2.25. The van der Waals surface area contributed by atoms with E-state index in [1.807, 2.05) is 6.92 Å². The van der Waals surface area contributed by atoms with E-state index < -0.39 is 17.2 Å². The predicted octanol–water partition coefficient (Wildman–Crippen LogP) is 1.43. The van der Waals surface area contributed by atoms with E-state index in [1.165, 1.54) is 11.0 Å². The van der Waals surface area contributed by atoms with Crippen LogP contribution in [0.25, 0.3) is 0 Å². The Morgan fingerprint density at radius 2 is 2.20 bits per heavy atom. The highest BCUT2D eigenvalue weighted by Crippen LogP contribution is 2.20. The summed E-state index contributed by atoms with van der Waals surface area (Å²) < 4.78 is 31.3. The van der Waals surface area contributed by atoms with Crippen LogP contribution in [-0.4, -0.2) is 36.1 Å². The number of carbonyl (C=O) groups excluding carboxylic acids is 1. The largest absolute Gasteiger partial charge is 0.379 e. The van der Waals surface area contributed by atoms with Gasteiger partial charge >= 0.3 is 0 Å². The van der Waals surface area contributed by atoms with Crippen LogP contribution < -0.4 is 5.73 Å². The quantitative estimate of drug-likeness (QED) is 0.910. The van der Waals surface area contributed by atoms with Crippen molar-refractivity contribution in [3.05, 3.63) is 35.4 Å². The standard InChI is InChI=1S/C14H18F2N2O2/c1-2-18(13(19)14(17)5-6-20-9-14)8-10-3-4-11(15)12(16)7-10/h3-4,7H,2,5-6,8-9,17H2,1H3. The van der Waals surface area contributed by atoms with E-state index in [-0.39, 0.29) is 19.1 Å². The summed E-state index contributed by atoms with van der Waals surface area (Å²) in [5.74, 6) is -2.04. The van der Waals surface area contributed by atoms with Gasteiger partial charge in [0.2, 0.25) is 5.91 Å². The van der Waals surface area contributed by atoms with Crippen LogP contribution in [0.5, 0.6) is 0 Å². The summed E-state index contributed by atoms with van der Waals surface area (Å²) in [7, 11) is 0. The van der Waals surface area contributed by atoms with Gasteiger partial charge < -0.3 is 15.4 Å². The molecule has 2 N–H and O–H groups in total. The Morgan fingerprint density at radius 3 is 2.75 bits per heavy atom. The van der Waals surface area contributed by atoms with Gasteiger partial charge in [-0.3, -0.25) is 4.79 Å². The van der Waals surface area contributed by atoms with Crippen molar-refractivity contribution in [3.63, 3.8) is 0 Å². The van der Waals surface area contributed by atoms with Gasteiger partial charge in [0.1, 0.15) is 5.54 Å². The molecule has 1 aromatic carbocycles. The summed E-state index contributed by atoms with van der Waals surface area (Å²) in [6.07, 6.45) is 0.472. The van der Waals surface area contributed by atoms with Crippen LogP contribution in [0.1, 0.15) is 18.9 Å². The highest BCUT2D eigenvalue weighted by Gasteiger charge is 2.40. The average Bonchev–Trinajstić information content (AvgIpc) is 2.87. The predicted molar refractivity (Wildman–Crippen MR) is 69.8 cm³/mol. The molecule has 0 aromatic heterocycles. The molecule has 4 nitrogen and oxygen atoms in total. The van der Waals surface area contributed by atoms with Crippen molar-refractivity contribution in [1.29, 1.82) is 0 Å². The van der Waals surface area contributed by atoms with E-state index in [0.29, 0.717) is 25.1 Å². The van der Waals surface area contributed by atoms with Crippen LogP contribution in [0.15, 0.2) is 18.2 Å². The van der Waals surface area contributed by atoms with Crippen LogP contribution in [0.4, 0.5) is 8.78 Å². The minimum atomic E-state index is -1.01. The number of benzene rings is 1. The van der Waals surface area contributed by atoms with Crippen LogP contribution in [-0.2, 0) is 16.1 Å². The average molecular weight is 284 g/mol. The normalized spacial score (nSPS) is 22.0. The molecule has 0 saturated carbocycles. The molecular weight excluding hydrogens is 266 g/mol. The first-order valence-corrected chi connectivity index (χ1v) is 6.56. The molecule has 20 heavy (non-hydrogen) atoms. The van der Waals surface area contributed by atoms with Crippen LogP contribution in [0.3, 0.4) is 0 Å². The number of hydrogen-bond acceptors (Lipinski definition) is 3. The maximum absolute atomic E-state index is 13.2. The number of likely N-dealkylation sites (N-methyl/N-ethyl adjacent to an activating group) is 1. The molecule has 1 saturated heterocycles. The number of nitrogens with two attached hydrogens (primary N) is 1. The van der Waals surface area contributed by atoms with Crippen molar-refractivity contribution < 1.29 is 18.3 Å². The number of carbonyl (C=O) groups is 1. The Hall–Kier alpha value is -1.53. The molecule has 1 fully saturated rings. The van der Waals surface area contributed by atoms with Crippen molar-refractivity contribution in [2.24, 2.45) is 5.73 Å². The summed E-state index contributed by atoms with van der Waals surface area (Å²) in [5.41, 5.74) is 5.56. The lowest BCUT2D eigenvalue weighted by atomic mass is 9.98. The van der Waals surface area contributed by atoms with Gasteiger partial charge in [-0.05, 0) is 31.0 Å². The van der Waals surface area contributed by atoms with E-state index in [2.05, 4.69) is 0 Å². The highest BCUT2D eigenvalue weighted by molar-refractivity contribution is 5.86. The Labute approximate surface area is 116 Å². The molecule has 1 unspecified atom stereocenters. The number of amides is 1. The van der Waals surface area contributed by atoms with Crippen LogP contribution >= 0.6 is 0 Å². The second-order valence-corrected chi connectivity index (χ2v) is 5.03. The SMILES string of the molecule is CCN(Cc1ccc(F)c(F)c1)C(=O)C1(N)CCOC1. The molecule has 0 bridgehead atoms. The number of hydrogen-bond donors (Lipinski definition) is 1. The van der Waals surface area contributed by atoms with Crippen molar-refractivity contribution in [1.82, 2.24) is 4.90 Å². The van der Waals surface area contributed by atoms with Crippen LogP contribution in [0.2, 0.25) is 0 Å². The molecule has 110 valence electrons. The molecule has 1 amide bonds. The Kier molecular flexibility index (Phi) is 4.35. The lowest BCUT2D eigenvalue weighted by Crippen LogP contribution is -2.55. The number of halogens is 2. The summed E-state index contributed by atoms with van der Waals surface area (Å²) in [5, 5.41) is 0. The minimum absolute atomic E-state index is 0.195. The molecule has 0 aliphatic carbocycles. The van der Waals surface area contributed by atoms with Crippen molar-refractivity contribution in [2.75, 3.05) is 19.8 Å². The zero-order valence-electron chi connectivity index (χ0n) is 11.4. The Bertz CT molecular complexity index is 502. The molecule has 1 aliphatic heterocycles. The van der Waals surface area contributed by atoms with Crippen molar-refractivity contribution >= 4 is 5.91 Å². The highest BCUT2D eigenvalue weighted by atomic mass is 19.2. The fraction of sp³-hybridized carbons (Fsp3) is 0.500. The van der Waals surface area contributed by atoms with Crippen LogP contribution in [0, 0.1) is 11.6 Å². The number of nitrogens with zero attached hydrogens (tertiary/aromatic N) is 1. The third kappa shape index (κ3) is 2.96. The molecule has 1 atom stereocenters. The van der Waals surface area contributed by atoms with Gasteiger partial charge in [-0.1, -0.05) is 6.07 Å². The third-order valence-corrected chi connectivity index (χ3v) is 3.50. The molecule has 6 heteroatoms. The smallest absolute Gasteiger partial charge is 0.245 e. The van der Waals surface area contributed by atoms with Gasteiger partial charge in [0.15, 0.2) is 11.6 Å². The summed E-state index contributed by atoms with van der Waals surface area (Å²) in [4.78, 5) is 13.9. The van der Waals surface area contributed by atoms with E-state index in [1.54, 1.807) is 0 Å². The van der Waals surface area contributed by atoms with Crippen molar-refractivity contribution in [3.8, 4) is 0 Å². The lowest BCUT2D eigenvalue weighted by molar-refractivity contribution is -0.137. The first-order valence-electron chi connectivity index (χ1n) is 6.56. The van der Waals surface area contributed by atoms with Crippen molar-refractivity contribution in [2.45, 2.75) is 25.4 Å². The van der Waals surface area contributed by atoms with Gasteiger partial charge in [-0.15, -0.1) is 0 Å². The Balaban J connectivity index is 2.12. The molecule has 0 radical (unpaired) electrons. The molecule has 2 rings (SSSR count). The second kappa shape index (κ2) is 5.85. The molecule has 1 heterocycles. The minimum Gasteiger partial charge on any atom is -0.379 e. The zero-order valence-corrected chi connectivity index (χ0v) is 11.4. The summed E-state index contributed by atoms with van der Waals surface area (Å²) >= 11 is 0. The fourth-order valence-electron chi connectivity index (χ4n) is 2.25. The van der Waals surface area contributed by atoms with E-state index in [0.717, 1.165) is 12.1 Å². The maximum Gasteiger partial charge on any atom is 0.245 e. The third-order valence-electron chi connectivity index (χ3n) is 3.50. The molecule has 1 aromatic rings. The van der Waals surface area contributed by atoms with E-state index in [9.17, 15) is 13.6 Å². The molecular formula is C14H18F2N2O2. The van der Waals surface area contributed by atoms with Gasteiger partial charge in [0, 0.05) is 19.7 Å². The topological polar surface area (TPSA) is 55.6 Å². The Morgan fingerprint density at radius 1 is 1.45 bits per heavy atom. The first kappa shape index (κ1) is 14.9. The second-order valence-electron chi connectivity index (χ2n) is 5.03. The zero-order chi connectivity index (χ0) is 14.8. The first-order chi connectivity index (χ1) is 9.46. The maximum atomic E-state index is 13.2.